The van der Waals surface area contributed by atoms with Gasteiger partial charge in [0.15, 0.2) is 0 Å². The third-order valence-electron chi connectivity index (χ3n) is 5.27. The van der Waals surface area contributed by atoms with Gasteiger partial charge in [-0.2, -0.15) is 0 Å². The van der Waals surface area contributed by atoms with Gasteiger partial charge >= 0.3 is 0 Å². The van der Waals surface area contributed by atoms with E-state index in [2.05, 4.69) is 22.1 Å². The standard InChI is InChI=1S/C18H29N5O2/c1-14-5-8-23(9-6-14)17(24)12-22-7-3-4-15(10-22)20-18(25)16-11-21(2)13-19-16/h11,13-15H,3-10,12H2,1-2H3,(H,20,25). The van der Waals surface area contributed by atoms with Crippen molar-refractivity contribution in [2.24, 2.45) is 13.0 Å². The summed E-state index contributed by atoms with van der Waals surface area (Å²) in [5, 5.41) is 3.06. The lowest BCUT2D eigenvalue weighted by Gasteiger charge is -2.35. The van der Waals surface area contributed by atoms with Crippen LogP contribution in [-0.2, 0) is 11.8 Å². The van der Waals surface area contributed by atoms with E-state index >= 15 is 0 Å². The van der Waals surface area contributed by atoms with Gasteiger partial charge in [-0.25, -0.2) is 4.98 Å². The van der Waals surface area contributed by atoms with Crippen LogP contribution in [0.25, 0.3) is 0 Å². The van der Waals surface area contributed by atoms with Crippen LogP contribution in [0.15, 0.2) is 12.5 Å². The number of piperidine rings is 2. The number of hydrogen-bond acceptors (Lipinski definition) is 4. The highest BCUT2D eigenvalue weighted by Crippen LogP contribution is 2.17. The molecule has 2 saturated heterocycles. The third-order valence-corrected chi connectivity index (χ3v) is 5.27. The molecule has 1 unspecified atom stereocenters. The van der Waals surface area contributed by atoms with Crippen LogP contribution >= 0.6 is 0 Å². The van der Waals surface area contributed by atoms with Gasteiger partial charge in [0.2, 0.25) is 5.91 Å². The Hall–Kier alpha value is -1.89. The summed E-state index contributed by atoms with van der Waals surface area (Å²) in [5.74, 6) is 0.817. The molecule has 1 aromatic heterocycles. The van der Waals surface area contributed by atoms with E-state index in [1.165, 1.54) is 0 Å². The number of carbonyl (C=O) groups excluding carboxylic acids is 2. The Balaban J connectivity index is 1.47. The molecule has 0 bridgehead atoms. The zero-order valence-electron chi connectivity index (χ0n) is 15.3. The first kappa shape index (κ1) is 17.9. The molecule has 0 aromatic carbocycles. The zero-order valence-corrected chi connectivity index (χ0v) is 15.3. The third kappa shape index (κ3) is 4.81. The zero-order chi connectivity index (χ0) is 17.8. The van der Waals surface area contributed by atoms with Crippen molar-refractivity contribution in [1.29, 1.82) is 0 Å². The van der Waals surface area contributed by atoms with Crippen LogP contribution in [-0.4, -0.2) is 69.9 Å². The van der Waals surface area contributed by atoms with Gasteiger partial charge in [0.1, 0.15) is 5.69 Å². The number of rotatable bonds is 4. The van der Waals surface area contributed by atoms with Crippen LogP contribution in [0.3, 0.4) is 0 Å². The summed E-state index contributed by atoms with van der Waals surface area (Å²) in [4.78, 5) is 33.0. The summed E-state index contributed by atoms with van der Waals surface area (Å²) in [6.07, 6.45) is 7.50. The number of carbonyl (C=O) groups is 2. The number of nitrogens with one attached hydrogen (secondary N) is 1. The molecule has 1 atom stereocenters. The second kappa shape index (κ2) is 7.99. The van der Waals surface area contributed by atoms with Crippen molar-refractivity contribution in [3.05, 3.63) is 18.2 Å². The number of aromatic nitrogens is 2. The van der Waals surface area contributed by atoms with E-state index in [1.807, 2.05) is 11.9 Å². The van der Waals surface area contributed by atoms with Gasteiger partial charge in [-0.1, -0.05) is 6.92 Å². The van der Waals surface area contributed by atoms with Gasteiger partial charge in [0, 0.05) is 38.9 Å². The van der Waals surface area contributed by atoms with Crippen LogP contribution in [0.1, 0.15) is 43.1 Å². The van der Waals surface area contributed by atoms with Crippen LogP contribution in [0, 0.1) is 5.92 Å². The van der Waals surface area contributed by atoms with E-state index in [0.29, 0.717) is 12.2 Å². The Morgan fingerprint density at radius 1 is 1.24 bits per heavy atom. The fraction of sp³-hybridized carbons (Fsp3) is 0.722. The second-order valence-corrected chi connectivity index (χ2v) is 7.54. The van der Waals surface area contributed by atoms with Crippen molar-refractivity contribution >= 4 is 11.8 Å². The molecule has 2 aliphatic rings. The molecule has 7 nitrogen and oxygen atoms in total. The molecule has 2 amide bonds. The molecule has 3 rings (SSSR count). The minimum atomic E-state index is -0.135. The number of imidazole rings is 1. The predicted molar refractivity (Wildman–Crippen MR) is 95.1 cm³/mol. The second-order valence-electron chi connectivity index (χ2n) is 7.54. The first-order valence-electron chi connectivity index (χ1n) is 9.30. The highest BCUT2D eigenvalue weighted by molar-refractivity contribution is 5.92. The molecule has 3 heterocycles. The summed E-state index contributed by atoms with van der Waals surface area (Å²) < 4.78 is 1.76. The van der Waals surface area contributed by atoms with Crippen LogP contribution in [0.5, 0.6) is 0 Å². The summed E-state index contributed by atoms with van der Waals surface area (Å²) in [6, 6.07) is 0.0810. The SMILES string of the molecule is CC1CCN(C(=O)CN2CCCC(NC(=O)c3cn(C)cn3)C2)CC1. The highest BCUT2D eigenvalue weighted by atomic mass is 16.2. The van der Waals surface area contributed by atoms with E-state index in [9.17, 15) is 9.59 Å². The number of aryl methyl sites for hydroxylation is 1. The fourth-order valence-electron chi connectivity index (χ4n) is 3.66. The van der Waals surface area contributed by atoms with E-state index in [4.69, 9.17) is 0 Å². The van der Waals surface area contributed by atoms with Crippen molar-refractivity contribution < 1.29 is 9.59 Å². The lowest BCUT2D eigenvalue weighted by atomic mass is 9.99. The number of likely N-dealkylation sites (tertiary alicyclic amines) is 2. The Morgan fingerprint density at radius 2 is 2.00 bits per heavy atom. The maximum Gasteiger partial charge on any atom is 0.271 e. The number of hydrogen-bond donors (Lipinski definition) is 1. The van der Waals surface area contributed by atoms with Crippen molar-refractivity contribution in [2.45, 2.75) is 38.6 Å². The number of amides is 2. The molecule has 0 spiro atoms. The predicted octanol–water partition coefficient (Wildman–Crippen LogP) is 0.873. The molecule has 1 aromatic rings. The molecule has 7 heteroatoms. The first-order chi connectivity index (χ1) is 12.0. The van der Waals surface area contributed by atoms with E-state index in [1.54, 1.807) is 17.1 Å². The molecular weight excluding hydrogens is 318 g/mol. The highest BCUT2D eigenvalue weighted by Gasteiger charge is 2.26. The molecule has 2 aliphatic heterocycles. The maximum atomic E-state index is 12.5. The topological polar surface area (TPSA) is 70.5 Å². The molecule has 25 heavy (non-hydrogen) atoms. The summed E-state index contributed by atoms with van der Waals surface area (Å²) >= 11 is 0. The normalized spacial score (nSPS) is 22.8. The van der Waals surface area contributed by atoms with Gasteiger partial charge in [0.05, 0.1) is 12.9 Å². The molecule has 138 valence electrons. The molecule has 1 N–H and O–H groups in total. The van der Waals surface area contributed by atoms with Crippen LogP contribution < -0.4 is 5.32 Å². The van der Waals surface area contributed by atoms with Crippen molar-refractivity contribution in [3.8, 4) is 0 Å². The Labute approximate surface area is 149 Å². The Kier molecular flexibility index (Phi) is 5.73. The summed E-state index contributed by atoms with van der Waals surface area (Å²) in [7, 11) is 1.85. The van der Waals surface area contributed by atoms with Gasteiger partial charge in [-0.3, -0.25) is 14.5 Å². The Morgan fingerprint density at radius 3 is 2.68 bits per heavy atom. The minimum absolute atomic E-state index is 0.0810. The fourth-order valence-corrected chi connectivity index (χ4v) is 3.66. The average molecular weight is 347 g/mol. The summed E-state index contributed by atoms with van der Waals surface area (Å²) in [5.41, 5.74) is 0.443. The minimum Gasteiger partial charge on any atom is -0.347 e. The smallest absolute Gasteiger partial charge is 0.271 e. The van der Waals surface area contributed by atoms with E-state index in [-0.39, 0.29) is 17.9 Å². The molecular formula is C18H29N5O2. The van der Waals surface area contributed by atoms with Crippen LogP contribution in [0.2, 0.25) is 0 Å². The largest absolute Gasteiger partial charge is 0.347 e. The molecule has 2 fully saturated rings. The maximum absolute atomic E-state index is 12.5. The van der Waals surface area contributed by atoms with Gasteiger partial charge in [-0.15, -0.1) is 0 Å². The monoisotopic (exact) mass is 347 g/mol. The lowest BCUT2D eigenvalue weighted by molar-refractivity contribution is -0.134. The molecule has 0 saturated carbocycles. The van der Waals surface area contributed by atoms with Crippen LogP contribution in [0.4, 0.5) is 0 Å². The van der Waals surface area contributed by atoms with E-state index in [0.717, 1.165) is 57.8 Å². The van der Waals surface area contributed by atoms with Crippen molar-refractivity contribution in [1.82, 2.24) is 24.7 Å². The van der Waals surface area contributed by atoms with Crippen molar-refractivity contribution in [2.75, 3.05) is 32.7 Å². The lowest BCUT2D eigenvalue weighted by Crippen LogP contribution is -2.51. The summed E-state index contributed by atoms with van der Waals surface area (Å²) in [6.45, 7) is 6.13. The quantitative estimate of drug-likeness (QED) is 0.877. The van der Waals surface area contributed by atoms with Gasteiger partial charge in [0.25, 0.3) is 5.91 Å². The average Bonchev–Trinajstić information content (AvgIpc) is 3.02. The van der Waals surface area contributed by atoms with E-state index < -0.39 is 0 Å². The number of nitrogens with zero attached hydrogens (tertiary/aromatic N) is 4. The van der Waals surface area contributed by atoms with Gasteiger partial charge < -0.3 is 14.8 Å². The Bertz CT molecular complexity index is 606. The first-order valence-corrected chi connectivity index (χ1v) is 9.30. The molecule has 0 radical (unpaired) electrons. The van der Waals surface area contributed by atoms with Gasteiger partial charge in [-0.05, 0) is 38.1 Å². The molecule has 0 aliphatic carbocycles. The van der Waals surface area contributed by atoms with Crippen molar-refractivity contribution in [3.63, 3.8) is 0 Å².